The number of hydrogen-bond donors (Lipinski definition) is 2. The number of unbranched alkanes of at least 4 members (excludes halogenated alkanes) is 5. The summed E-state index contributed by atoms with van der Waals surface area (Å²) >= 11 is 0. The lowest BCUT2D eigenvalue weighted by atomic mass is 10.1. The van der Waals surface area contributed by atoms with Crippen LogP contribution in [0.25, 0.3) is 0 Å². The van der Waals surface area contributed by atoms with Gasteiger partial charge >= 0.3 is 5.97 Å². The Morgan fingerprint density at radius 1 is 0.917 bits per heavy atom. The van der Waals surface area contributed by atoms with Crippen LogP contribution in [0.5, 0.6) is 0 Å². The van der Waals surface area contributed by atoms with Gasteiger partial charge in [0.25, 0.3) is 0 Å². The van der Waals surface area contributed by atoms with Crippen molar-refractivity contribution in [1.29, 1.82) is 0 Å². The van der Waals surface area contributed by atoms with Crippen LogP contribution in [0.3, 0.4) is 0 Å². The number of amides is 2. The molecule has 6 nitrogen and oxygen atoms in total. The maximum atomic E-state index is 12.2. The van der Waals surface area contributed by atoms with Crippen molar-refractivity contribution < 1.29 is 19.5 Å². The lowest BCUT2D eigenvalue weighted by molar-refractivity contribution is -0.142. The first-order valence-corrected chi connectivity index (χ1v) is 8.37. The second kappa shape index (κ2) is 11.2. The van der Waals surface area contributed by atoms with Crippen molar-refractivity contribution in [2.45, 2.75) is 58.3 Å². The molecule has 0 fully saturated rings. The zero-order valence-corrected chi connectivity index (χ0v) is 14.2. The van der Waals surface area contributed by atoms with Crippen molar-refractivity contribution in [3.63, 3.8) is 0 Å². The lowest BCUT2D eigenvalue weighted by Crippen LogP contribution is -2.39. The number of aliphatic carboxylic acids is 1. The molecule has 0 saturated carbocycles. The van der Waals surface area contributed by atoms with Gasteiger partial charge in [-0.2, -0.15) is 5.01 Å². The van der Waals surface area contributed by atoms with Crippen molar-refractivity contribution in [2.75, 3.05) is 5.43 Å². The molecule has 0 heterocycles. The van der Waals surface area contributed by atoms with Gasteiger partial charge < -0.3 is 5.11 Å². The van der Waals surface area contributed by atoms with Gasteiger partial charge in [-0.05, 0) is 25.0 Å². The second-order valence-corrected chi connectivity index (χ2v) is 5.74. The second-order valence-electron chi connectivity index (χ2n) is 5.74. The summed E-state index contributed by atoms with van der Waals surface area (Å²) in [6.45, 7) is 1.36. The third-order valence-electron chi connectivity index (χ3n) is 3.61. The monoisotopic (exact) mass is 334 g/mol. The fourth-order valence-electron chi connectivity index (χ4n) is 2.33. The predicted molar refractivity (Wildman–Crippen MR) is 92.2 cm³/mol. The van der Waals surface area contributed by atoms with E-state index in [0.717, 1.165) is 37.1 Å². The van der Waals surface area contributed by atoms with Crippen LogP contribution in [-0.4, -0.2) is 27.9 Å². The molecule has 6 heteroatoms. The summed E-state index contributed by atoms with van der Waals surface area (Å²) in [7, 11) is 0. The number of carbonyl (C=O) groups is 3. The van der Waals surface area contributed by atoms with E-state index in [1.807, 2.05) is 18.2 Å². The van der Waals surface area contributed by atoms with Gasteiger partial charge in [-0.15, -0.1) is 0 Å². The Bertz CT molecular complexity index is 531. The number of carboxylic acids is 1. The maximum absolute atomic E-state index is 12.2. The average Bonchev–Trinajstić information content (AvgIpc) is 2.55. The minimum atomic E-state index is -0.754. The van der Waals surface area contributed by atoms with Crippen molar-refractivity contribution >= 4 is 23.5 Å². The summed E-state index contributed by atoms with van der Waals surface area (Å²) in [4.78, 5) is 34.2. The average molecular weight is 334 g/mol. The van der Waals surface area contributed by atoms with Crippen molar-refractivity contribution in [2.24, 2.45) is 0 Å². The van der Waals surface area contributed by atoms with Gasteiger partial charge in [-0.3, -0.25) is 19.8 Å². The first-order chi connectivity index (χ1) is 11.5. The Morgan fingerprint density at radius 3 is 2.00 bits per heavy atom. The number of benzene rings is 1. The van der Waals surface area contributed by atoms with Crippen LogP contribution in [0, 0.1) is 0 Å². The Hall–Kier alpha value is -2.37. The molecule has 1 aromatic rings. The number of rotatable bonds is 11. The van der Waals surface area contributed by atoms with Crippen molar-refractivity contribution in [3.05, 3.63) is 30.3 Å². The zero-order valence-electron chi connectivity index (χ0n) is 14.2. The Kier molecular flexibility index (Phi) is 9.19. The van der Waals surface area contributed by atoms with Crippen LogP contribution < -0.4 is 5.43 Å². The van der Waals surface area contributed by atoms with E-state index in [2.05, 4.69) is 5.43 Å². The number of carbonyl (C=O) groups excluding carboxylic acids is 2. The molecular weight excluding hydrogens is 308 g/mol. The third-order valence-corrected chi connectivity index (χ3v) is 3.61. The number of hydrazine groups is 1. The van der Waals surface area contributed by atoms with E-state index in [9.17, 15) is 14.4 Å². The van der Waals surface area contributed by atoms with Gasteiger partial charge in [0.05, 0.1) is 5.69 Å². The van der Waals surface area contributed by atoms with Crippen LogP contribution in [0.1, 0.15) is 58.3 Å². The van der Waals surface area contributed by atoms with E-state index in [1.54, 1.807) is 12.1 Å². The molecule has 0 atom stereocenters. The minimum Gasteiger partial charge on any atom is -0.481 e. The lowest BCUT2D eigenvalue weighted by Gasteiger charge is -2.21. The van der Waals surface area contributed by atoms with E-state index in [0.29, 0.717) is 18.5 Å². The van der Waals surface area contributed by atoms with Gasteiger partial charge in [-0.1, -0.05) is 43.9 Å². The Labute approximate surface area is 142 Å². The minimum absolute atomic E-state index is 0.219. The first-order valence-electron chi connectivity index (χ1n) is 8.37. The fraction of sp³-hybridized carbons (Fsp3) is 0.500. The number of carboxylic acid groups (broad SMARTS) is 1. The summed E-state index contributed by atoms with van der Waals surface area (Å²) in [5.74, 6) is -1.33. The molecule has 0 saturated heterocycles. The van der Waals surface area contributed by atoms with Crippen LogP contribution in [-0.2, 0) is 14.4 Å². The van der Waals surface area contributed by atoms with E-state index in [4.69, 9.17) is 5.11 Å². The predicted octanol–water partition coefficient (Wildman–Crippen LogP) is 3.59. The number of anilines is 1. The summed E-state index contributed by atoms with van der Waals surface area (Å²) < 4.78 is 0. The third kappa shape index (κ3) is 8.31. The highest BCUT2D eigenvalue weighted by molar-refractivity contribution is 5.95. The van der Waals surface area contributed by atoms with Crippen molar-refractivity contribution in [3.8, 4) is 0 Å². The van der Waals surface area contributed by atoms with Crippen LogP contribution >= 0.6 is 0 Å². The highest BCUT2D eigenvalue weighted by Gasteiger charge is 2.17. The number of para-hydroxylation sites is 1. The quantitative estimate of drug-likeness (QED) is 0.477. The smallest absolute Gasteiger partial charge is 0.303 e. The molecule has 0 radical (unpaired) electrons. The SMILES string of the molecule is CC(=O)N(Nc1ccccc1)C(=O)CCCCCCCCC(=O)O. The molecule has 0 aromatic heterocycles. The Balaban J connectivity index is 2.24. The van der Waals surface area contributed by atoms with Crippen LogP contribution in [0.4, 0.5) is 5.69 Å². The van der Waals surface area contributed by atoms with Crippen LogP contribution in [0.2, 0.25) is 0 Å². The van der Waals surface area contributed by atoms with Gasteiger partial charge in [0.2, 0.25) is 11.8 Å². The number of nitrogens with one attached hydrogen (secondary N) is 1. The number of nitrogens with zero attached hydrogens (tertiary/aromatic N) is 1. The van der Waals surface area contributed by atoms with Crippen molar-refractivity contribution in [1.82, 2.24) is 5.01 Å². The topological polar surface area (TPSA) is 86.7 Å². The first kappa shape index (κ1) is 19.7. The number of hydrogen-bond acceptors (Lipinski definition) is 4. The summed E-state index contributed by atoms with van der Waals surface area (Å²) in [5.41, 5.74) is 3.53. The van der Waals surface area contributed by atoms with E-state index in [1.165, 1.54) is 6.92 Å². The molecule has 1 rings (SSSR count). The van der Waals surface area contributed by atoms with Crippen LogP contribution in [0.15, 0.2) is 30.3 Å². The number of imide groups is 1. The summed E-state index contributed by atoms with van der Waals surface area (Å²) in [6.07, 6.45) is 5.70. The van der Waals surface area contributed by atoms with E-state index < -0.39 is 5.97 Å². The highest BCUT2D eigenvalue weighted by atomic mass is 16.4. The zero-order chi connectivity index (χ0) is 17.8. The molecule has 132 valence electrons. The van der Waals surface area contributed by atoms with E-state index in [-0.39, 0.29) is 18.2 Å². The van der Waals surface area contributed by atoms with Gasteiger partial charge in [-0.25, -0.2) is 0 Å². The highest BCUT2D eigenvalue weighted by Crippen LogP contribution is 2.12. The molecule has 2 N–H and O–H groups in total. The summed E-state index contributed by atoms with van der Waals surface area (Å²) in [5, 5.41) is 9.60. The molecular formula is C18H26N2O4. The van der Waals surface area contributed by atoms with Gasteiger partial charge in [0.1, 0.15) is 0 Å². The molecule has 0 spiro atoms. The maximum Gasteiger partial charge on any atom is 0.303 e. The standard InChI is InChI=1S/C18H26N2O4/c1-15(21)20(19-16-11-7-6-8-12-16)17(22)13-9-4-2-3-5-10-14-18(23)24/h6-8,11-12,19H,2-5,9-10,13-14H2,1H3,(H,23,24). The molecule has 0 aliphatic rings. The van der Waals surface area contributed by atoms with Gasteiger partial charge in [0, 0.05) is 19.8 Å². The summed E-state index contributed by atoms with van der Waals surface area (Å²) in [6, 6.07) is 9.10. The van der Waals surface area contributed by atoms with E-state index >= 15 is 0 Å². The normalized spacial score (nSPS) is 10.2. The molecule has 0 unspecified atom stereocenters. The molecule has 2 amide bonds. The molecule has 0 aliphatic carbocycles. The molecule has 0 aliphatic heterocycles. The largest absolute Gasteiger partial charge is 0.481 e. The van der Waals surface area contributed by atoms with Gasteiger partial charge in [0.15, 0.2) is 0 Å². The fourth-order valence-corrected chi connectivity index (χ4v) is 2.33. The molecule has 1 aromatic carbocycles. The molecule has 24 heavy (non-hydrogen) atoms. The Morgan fingerprint density at radius 2 is 1.46 bits per heavy atom. The molecule has 0 bridgehead atoms.